The Morgan fingerprint density at radius 1 is 1.26 bits per heavy atom. The van der Waals surface area contributed by atoms with Crippen LogP contribution in [0.25, 0.3) is 11.3 Å². The van der Waals surface area contributed by atoms with Gasteiger partial charge in [0.2, 0.25) is 0 Å². The summed E-state index contributed by atoms with van der Waals surface area (Å²) in [6, 6.07) is 11.5. The number of aromatic nitrogens is 3. The first-order valence-electron chi connectivity index (χ1n) is 12.0. The largest absolute Gasteiger partial charge is 0.492 e. The summed E-state index contributed by atoms with van der Waals surface area (Å²) in [7, 11) is 0. The fraction of sp³-hybridized carbons (Fsp3) is 0.385. The molecule has 0 radical (unpaired) electrons. The average Bonchev–Trinajstić information content (AvgIpc) is 3.48. The van der Waals surface area contributed by atoms with E-state index in [4.69, 9.17) is 21.1 Å². The molecule has 1 amide bonds. The molecule has 4 heterocycles. The predicted octanol–water partition coefficient (Wildman–Crippen LogP) is 3.89. The number of rotatable bonds is 8. The normalized spacial score (nSPS) is 20.8. The van der Waals surface area contributed by atoms with Gasteiger partial charge in [0.05, 0.1) is 47.8 Å². The molecule has 8 nitrogen and oxygen atoms in total. The third kappa shape index (κ3) is 4.81. The second kappa shape index (κ2) is 9.43. The Hall–Kier alpha value is -3.23. The van der Waals surface area contributed by atoms with E-state index in [1.165, 1.54) is 19.0 Å². The molecule has 35 heavy (non-hydrogen) atoms. The third-order valence-electron chi connectivity index (χ3n) is 6.80. The van der Waals surface area contributed by atoms with Gasteiger partial charge in [-0.05, 0) is 55.5 Å². The first-order valence-corrected chi connectivity index (χ1v) is 12.4. The van der Waals surface area contributed by atoms with Crippen molar-refractivity contribution in [1.82, 2.24) is 20.5 Å². The molecule has 1 N–H and O–H groups in total. The maximum atomic E-state index is 13.0. The molecule has 2 atom stereocenters. The van der Waals surface area contributed by atoms with Gasteiger partial charge in [-0.25, -0.2) is 4.98 Å². The first kappa shape index (κ1) is 22.2. The first-order chi connectivity index (χ1) is 17.1. The van der Waals surface area contributed by atoms with Crippen molar-refractivity contribution in [2.75, 3.05) is 24.7 Å². The monoisotopic (exact) mass is 491 g/mol. The van der Waals surface area contributed by atoms with Crippen molar-refractivity contribution in [3.8, 4) is 17.0 Å². The summed E-state index contributed by atoms with van der Waals surface area (Å²) >= 11 is 6.42. The number of hydrogen-bond acceptors (Lipinski definition) is 7. The van der Waals surface area contributed by atoms with Gasteiger partial charge in [-0.15, -0.1) is 0 Å². The fourth-order valence-electron chi connectivity index (χ4n) is 4.66. The number of fused-ring (bicyclic) bond motifs is 2. The van der Waals surface area contributed by atoms with Crippen LogP contribution in [0.3, 0.4) is 0 Å². The molecule has 6 rings (SSSR count). The van der Waals surface area contributed by atoms with Crippen LogP contribution in [0.1, 0.15) is 35.2 Å². The van der Waals surface area contributed by atoms with Crippen molar-refractivity contribution >= 4 is 23.3 Å². The molecule has 3 aromatic rings. The molecule has 2 aliphatic heterocycles. The van der Waals surface area contributed by atoms with Gasteiger partial charge in [-0.2, -0.15) is 10.2 Å². The Bertz CT molecular complexity index is 1250. The summed E-state index contributed by atoms with van der Waals surface area (Å²) in [6.45, 7) is 2.64. The second-order valence-electron chi connectivity index (χ2n) is 9.40. The van der Waals surface area contributed by atoms with Crippen LogP contribution < -0.4 is 15.0 Å². The van der Waals surface area contributed by atoms with Gasteiger partial charge in [0.25, 0.3) is 5.91 Å². The minimum Gasteiger partial charge on any atom is -0.492 e. The summed E-state index contributed by atoms with van der Waals surface area (Å²) in [5.41, 5.74) is 2.75. The van der Waals surface area contributed by atoms with E-state index >= 15 is 0 Å². The summed E-state index contributed by atoms with van der Waals surface area (Å²) in [5, 5.41) is 11.8. The number of nitrogens with zero attached hydrogens (tertiary/aromatic N) is 4. The number of amides is 1. The highest BCUT2D eigenvalue weighted by molar-refractivity contribution is 6.32. The van der Waals surface area contributed by atoms with E-state index < -0.39 is 0 Å². The van der Waals surface area contributed by atoms with Crippen molar-refractivity contribution in [2.45, 2.75) is 38.0 Å². The lowest BCUT2D eigenvalue weighted by atomic mass is 10.1. The van der Waals surface area contributed by atoms with Crippen LogP contribution in [0.2, 0.25) is 5.02 Å². The Morgan fingerprint density at radius 3 is 2.94 bits per heavy atom. The molecule has 3 aliphatic rings. The van der Waals surface area contributed by atoms with Crippen LogP contribution in [0, 0.1) is 5.92 Å². The van der Waals surface area contributed by atoms with Gasteiger partial charge in [-0.1, -0.05) is 17.7 Å². The minimum absolute atomic E-state index is 0.224. The number of morpholine rings is 1. The van der Waals surface area contributed by atoms with Gasteiger partial charge in [0.1, 0.15) is 11.6 Å². The SMILES string of the molecule is O=C(NCc1cccnc1N1C[C@@H]2C[C@H]1CO2)c1cnnc(-c2ccc(OCC3CC3)c(Cl)c2)c1. The Kier molecular flexibility index (Phi) is 6.00. The molecular formula is C26H26ClN5O3. The highest BCUT2D eigenvalue weighted by Crippen LogP contribution is 2.34. The van der Waals surface area contributed by atoms with E-state index in [0.29, 0.717) is 47.1 Å². The molecule has 2 saturated heterocycles. The van der Waals surface area contributed by atoms with Gasteiger partial charge in [0, 0.05) is 30.4 Å². The summed E-state index contributed by atoms with van der Waals surface area (Å²) in [4.78, 5) is 19.9. The molecule has 1 aliphatic carbocycles. The molecule has 3 fully saturated rings. The zero-order valence-electron chi connectivity index (χ0n) is 19.2. The number of anilines is 1. The Labute approximate surface area is 208 Å². The zero-order valence-corrected chi connectivity index (χ0v) is 19.9. The number of halogens is 1. The number of benzene rings is 1. The number of hydrogen-bond donors (Lipinski definition) is 1. The van der Waals surface area contributed by atoms with E-state index in [-0.39, 0.29) is 12.0 Å². The van der Waals surface area contributed by atoms with Crippen LogP contribution >= 0.6 is 11.6 Å². The number of pyridine rings is 1. The van der Waals surface area contributed by atoms with Crippen LogP contribution in [-0.4, -0.2) is 53.0 Å². The molecule has 0 unspecified atom stereocenters. The molecule has 1 aromatic carbocycles. The fourth-order valence-corrected chi connectivity index (χ4v) is 4.90. The number of nitrogens with one attached hydrogen (secondary N) is 1. The topological polar surface area (TPSA) is 89.5 Å². The van der Waals surface area contributed by atoms with Gasteiger partial charge < -0.3 is 19.7 Å². The zero-order chi connectivity index (χ0) is 23.8. The van der Waals surface area contributed by atoms with Gasteiger partial charge >= 0.3 is 0 Å². The maximum Gasteiger partial charge on any atom is 0.253 e. The smallest absolute Gasteiger partial charge is 0.253 e. The quantitative estimate of drug-likeness (QED) is 0.511. The summed E-state index contributed by atoms with van der Waals surface area (Å²) < 4.78 is 11.5. The lowest BCUT2D eigenvalue weighted by Gasteiger charge is -2.29. The molecule has 180 valence electrons. The summed E-state index contributed by atoms with van der Waals surface area (Å²) in [5.74, 6) is 2.00. The van der Waals surface area contributed by atoms with E-state index in [1.807, 2.05) is 24.3 Å². The molecule has 0 spiro atoms. The van der Waals surface area contributed by atoms with Crippen molar-refractivity contribution in [3.05, 3.63) is 64.9 Å². The van der Waals surface area contributed by atoms with Crippen molar-refractivity contribution < 1.29 is 14.3 Å². The molecule has 9 heteroatoms. The molecule has 2 bridgehead atoms. The van der Waals surface area contributed by atoms with Crippen LogP contribution in [0.15, 0.2) is 48.8 Å². The second-order valence-corrected chi connectivity index (χ2v) is 9.80. The number of ether oxygens (including phenoxy) is 2. The van der Waals surface area contributed by atoms with Crippen molar-refractivity contribution in [1.29, 1.82) is 0 Å². The molecule has 2 aromatic heterocycles. The highest BCUT2D eigenvalue weighted by Gasteiger charge is 2.40. The molecule has 1 saturated carbocycles. The minimum atomic E-state index is -0.224. The maximum absolute atomic E-state index is 13.0. The van der Waals surface area contributed by atoms with Crippen molar-refractivity contribution in [2.24, 2.45) is 5.92 Å². The lowest BCUT2D eigenvalue weighted by molar-refractivity contribution is 0.0948. The highest BCUT2D eigenvalue weighted by atomic mass is 35.5. The van der Waals surface area contributed by atoms with E-state index in [0.717, 1.165) is 36.5 Å². The molecular weight excluding hydrogens is 466 g/mol. The standard InChI is InChI=1S/C26H26ClN5O3/c27-22-8-17(5-6-24(22)35-14-16-3-4-16)23-9-19(12-30-31-23)26(33)29-11-18-2-1-7-28-25(18)32-13-21-10-20(32)15-34-21/h1-2,5-9,12,16,20-21H,3-4,10-11,13-15H2,(H,29,33)/t20-,21-/m0/s1. The van der Waals surface area contributed by atoms with Crippen LogP contribution in [0.4, 0.5) is 5.82 Å². The van der Waals surface area contributed by atoms with Crippen molar-refractivity contribution in [3.63, 3.8) is 0 Å². The summed E-state index contributed by atoms with van der Waals surface area (Å²) in [6.07, 6.45) is 7.00. The Morgan fingerprint density at radius 2 is 2.17 bits per heavy atom. The van der Waals surface area contributed by atoms with E-state index in [2.05, 4.69) is 25.4 Å². The van der Waals surface area contributed by atoms with E-state index in [1.54, 1.807) is 18.3 Å². The van der Waals surface area contributed by atoms with Gasteiger partial charge in [-0.3, -0.25) is 4.79 Å². The lowest BCUT2D eigenvalue weighted by Crippen LogP contribution is -2.38. The van der Waals surface area contributed by atoms with Crippen LogP contribution in [0.5, 0.6) is 5.75 Å². The third-order valence-corrected chi connectivity index (χ3v) is 7.09. The number of carbonyl (C=O) groups excluding carboxylic acids is 1. The van der Waals surface area contributed by atoms with Crippen LogP contribution in [-0.2, 0) is 11.3 Å². The number of carbonyl (C=O) groups is 1. The predicted molar refractivity (Wildman–Crippen MR) is 132 cm³/mol. The average molecular weight is 492 g/mol. The Balaban J connectivity index is 1.13. The van der Waals surface area contributed by atoms with E-state index in [9.17, 15) is 4.79 Å². The van der Waals surface area contributed by atoms with Gasteiger partial charge in [0.15, 0.2) is 0 Å².